The summed E-state index contributed by atoms with van der Waals surface area (Å²) in [4.78, 5) is 33.4. The van der Waals surface area contributed by atoms with E-state index < -0.39 is 0 Å². The number of thiazole rings is 2. The second-order valence-electron chi connectivity index (χ2n) is 6.49. The Morgan fingerprint density at radius 2 is 1.93 bits per heavy atom. The molecule has 0 unspecified atom stereocenters. The van der Waals surface area contributed by atoms with Crippen molar-refractivity contribution in [1.29, 1.82) is 0 Å². The number of aryl methyl sites for hydroxylation is 1. The van der Waals surface area contributed by atoms with E-state index in [1.54, 1.807) is 0 Å². The van der Waals surface area contributed by atoms with E-state index in [4.69, 9.17) is 0 Å². The van der Waals surface area contributed by atoms with Crippen LogP contribution in [-0.2, 0) is 11.2 Å². The van der Waals surface area contributed by atoms with Gasteiger partial charge in [-0.3, -0.25) is 9.59 Å². The lowest BCUT2D eigenvalue weighted by Crippen LogP contribution is -2.14. The first-order valence-electron chi connectivity index (χ1n) is 9.00. The van der Waals surface area contributed by atoms with Gasteiger partial charge in [-0.1, -0.05) is 35.2 Å². The van der Waals surface area contributed by atoms with Crippen LogP contribution in [0.3, 0.4) is 0 Å². The number of hydrogen-bond acceptors (Lipinski definition) is 7. The van der Waals surface area contributed by atoms with Crippen molar-refractivity contribution in [3.05, 3.63) is 70.5 Å². The molecule has 152 valence electrons. The Kier molecular flexibility index (Phi) is 6.21. The average Bonchev–Trinajstić information content (AvgIpc) is 3.33. The first-order valence-corrected chi connectivity index (χ1v) is 11.7. The second-order valence-corrected chi connectivity index (χ2v) is 9.60. The summed E-state index contributed by atoms with van der Waals surface area (Å²) in [5, 5.41) is 5.21. The largest absolute Gasteiger partial charge is 0.302 e. The van der Waals surface area contributed by atoms with Crippen LogP contribution in [0.1, 0.15) is 21.6 Å². The third kappa shape index (κ3) is 4.92. The van der Waals surface area contributed by atoms with Crippen LogP contribution >= 0.6 is 34.4 Å². The molecule has 2 aromatic carbocycles. The van der Waals surface area contributed by atoms with E-state index in [2.05, 4.69) is 15.3 Å². The molecule has 1 amide bonds. The zero-order valence-corrected chi connectivity index (χ0v) is 18.3. The molecule has 1 N–H and O–H groups in total. The van der Waals surface area contributed by atoms with Crippen molar-refractivity contribution in [2.75, 3.05) is 11.1 Å². The Hall–Kier alpha value is -2.62. The van der Waals surface area contributed by atoms with E-state index in [-0.39, 0.29) is 29.7 Å². The van der Waals surface area contributed by atoms with Crippen molar-refractivity contribution in [1.82, 2.24) is 9.97 Å². The zero-order chi connectivity index (χ0) is 21.1. The van der Waals surface area contributed by atoms with Crippen molar-refractivity contribution in [2.45, 2.75) is 17.7 Å². The number of benzene rings is 2. The Bertz CT molecular complexity index is 1220. The highest BCUT2D eigenvalue weighted by Crippen LogP contribution is 2.28. The molecule has 0 aliphatic rings. The number of carbonyl (C=O) groups is 2. The molecule has 9 heteroatoms. The molecule has 0 radical (unpaired) electrons. The summed E-state index contributed by atoms with van der Waals surface area (Å²) in [6.07, 6.45) is 0.137. The fraction of sp³-hybridized carbons (Fsp3) is 0.143. The van der Waals surface area contributed by atoms with Crippen LogP contribution in [0.4, 0.5) is 9.52 Å². The van der Waals surface area contributed by atoms with E-state index in [0.717, 1.165) is 15.8 Å². The molecule has 0 aliphatic heterocycles. The number of fused-ring (bicyclic) bond motifs is 1. The molecular weight excluding hydrogens is 441 g/mol. The average molecular weight is 458 g/mol. The molecule has 5 nitrogen and oxygen atoms in total. The molecule has 2 aromatic heterocycles. The molecule has 0 saturated heterocycles. The molecular formula is C21H16FN3O2S3. The summed E-state index contributed by atoms with van der Waals surface area (Å²) < 4.78 is 14.7. The van der Waals surface area contributed by atoms with Crippen molar-refractivity contribution in [3.63, 3.8) is 0 Å². The van der Waals surface area contributed by atoms with Gasteiger partial charge in [-0.15, -0.1) is 11.3 Å². The number of carbonyl (C=O) groups excluding carboxylic acids is 2. The lowest BCUT2D eigenvalue weighted by atomic mass is 10.1. The van der Waals surface area contributed by atoms with Crippen LogP contribution in [0.5, 0.6) is 0 Å². The van der Waals surface area contributed by atoms with Gasteiger partial charge < -0.3 is 5.32 Å². The molecule has 0 atom stereocenters. The number of ketones is 1. The molecule has 0 bridgehead atoms. The molecule has 30 heavy (non-hydrogen) atoms. The smallest absolute Gasteiger partial charge is 0.232 e. The van der Waals surface area contributed by atoms with Crippen molar-refractivity contribution in [3.8, 4) is 0 Å². The SMILES string of the molecule is Cc1cccc2sc(NC(=O)Cc3csc(SCC(=O)c4ccc(F)cc4)n3)nc12. The lowest BCUT2D eigenvalue weighted by Gasteiger charge is -2.00. The van der Waals surface area contributed by atoms with Gasteiger partial charge in [0.15, 0.2) is 15.3 Å². The van der Waals surface area contributed by atoms with Gasteiger partial charge in [-0.25, -0.2) is 14.4 Å². The predicted octanol–water partition coefficient (Wildman–Crippen LogP) is 5.36. The molecule has 4 aromatic rings. The first kappa shape index (κ1) is 20.6. The maximum Gasteiger partial charge on any atom is 0.232 e. The lowest BCUT2D eigenvalue weighted by molar-refractivity contribution is -0.115. The standard InChI is InChI=1S/C21H16FN3O2S3/c1-12-3-2-4-17-19(12)25-20(30-17)24-18(27)9-15-10-28-21(23-15)29-11-16(26)13-5-7-14(22)8-6-13/h2-8,10H,9,11H2,1H3,(H,24,25,27). The molecule has 4 rings (SSSR count). The number of nitrogens with one attached hydrogen (secondary N) is 1. The van der Waals surface area contributed by atoms with Crippen molar-refractivity contribution in [2.24, 2.45) is 0 Å². The van der Waals surface area contributed by atoms with Gasteiger partial charge in [0, 0.05) is 10.9 Å². The van der Waals surface area contributed by atoms with Gasteiger partial charge in [0.05, 0.1) is 28.1 Å². The highest BCUT2D eigenvalue weighted by Gasteiger charge is 2.13. The van der Waals surface area contributed by atoms with Gasteiger partial charge in [0.1, 0.15) is 5.82 Å². The van der Waals surface area contributed by atoms with Crippen molar-refractivity contribution < 1.29 is 14.0 Å². The molecule has 0 saturated carbocycles. The van der Waals surface area contributed by atoms with Crippen LogP contribution in [0.2, 0.25) is 0 Å². The highest BCUT2D eigenvalue weighted by atomic mass is 32.2. The van der Waals surface area contributed by atoms with Crippen LogP contribution in [-0.4, -0.2) is 27.4 Å². The van der Waals surface area contributed by atoms with Crippen molar-refractivity contribution >= 4 is 61.5 Å². The number of para-hydroxylation sites is 1. The topological polar surface area (TPSA) is 72.0 Å². The van der Waals surface area contributed by atoms with Gasteiger partial charge in [-0.2, -0.15) is 0 Å². The number of thioether (sulfide) groups is 1. The summed E-state index contributed by atoms with van der Waals surface area (Å²) in [6.45, 7) is 1.99. The van der Waals surface area contributed by atoms with E-state index in [1.807, 2.05) is 30.5 Å². The number of hydrogen-bond donors (Lipinski definition) is 1. The van der Waals surface area contributed by atoms with Gasteiger partial charge >= 0.3 is 0 Å². The van der Waals surface area contributed by atoms with E-state index in [1.165, 1.54) is 58.7 Å². The van der Waals surface area contributed by atoms with Gasteiger partial charge in [0.25, 0.3) is 0 Å². The summed E-state index contributed by atoms with van der Waals surface area (Å²) in [7, 11) is 0. The minimum atomic E-state index is -0.372. The van der Waals surface area contributed by atoms with Crippen LogP contribution in [0.15, 0.2) is 52.2 Å². The Labute approximate surface area is 184 Å². The zero-order valence-electron chi connectivity index (χ0n) is 15.8. The number of rotatable bonds is 7. The van der Waals surface area contributed by atoms with E-state index in [0.29, 0.717) is 20.7 Å². The Morgan fingerprint density at radius 1 is 1.13 bits per heavy atom. The summed E-state index contributed by atoms with van der Waals surface area (Å²) in [6, 6.07) is 11.4. The van der Waals surface area contributed by atoms with Crippen LogP contribution in [0.25, 0.3) is 10.2 Å². The van der Waals surface area contributed by atoms with Crippen LogP contribution in [0, 0.1) is 12.7 Å². The number of aromatic nitrogens is 2. The number of nitrogens with zero attached hydrogens (tertiary/aromatic N) is 2. The molecule has 0 spiro atoms. The number of amides is 1. The summed E-state index contributed by atoms with van der Waals surface area (Å²) in [5.74, 6) is -0.449. The van der Waals surface area contributed by atoms with E-state index >= 15 is 0 Å². The first-order chi connectivity index (χ1) is 14.5. The summed E-state index contributed by atoms with van der Waals surface area (Å²) >= 11 is 4.14. The van der Waals surface area contributed by atoms with E-state index in [9.17, 15) is 14.0 Å². The fourth-order valence-corrected chi connectivity index (χ4v) is 5.45. The fourth-order valence-electron chi connectivity index (χ4n) is 2.75. The summed E-state index contributed by atoms with van der Waals surface area (Å²) in [5.41, 5.74) is 3.08. The quantitative estimate of drug-likeness (QED) is 0.299. The maximum atomic E-state index is 13.0. The third-order valence-corrected chi connectivity index (χ3v) is 7.24. The Balaban J connectivity index is 1.32. The molecule has 0 fully saturated rings. The number of Topliss-reactive ketones (excluding diaryl/α,β-unsaturated/α-hetero) is 1. The highest BCUT2D eigenvalue weighted by molar-refractivity contribution is 8.01. The maximum absolute atomic E-state index is 13.0. The minimum Gasteiger partial charge on any atom is -0.302 e. The molecule has 0 aliphatic carbocycles. The van der Waals surface area contributed by atoms with Gasteiger partial charge in [0.2, 0.25) is 5.91 Å². The number of anilines is 1. The molecule has 2 heterocycles. The Morgan fingerprint density at radius 3 is 2.70 bits per heavy atom. The van der Waals surface area contributed by atoms with Gasteiger partial charge in [-0.05, 0) is 42.8 Å². The minimum absolute atomic E-state index is 0.0966. The normalized spacial score (nSPS) is 11.0. The van der Waals surface area contributed by atoms with Crippen LogP contribution < -0.4 is 5.32 Å². The second kappa shape index (κ2) is 9.03. The monoisotopic (exact) mass is 457 g/mol. The third-order valence-electron chi connectivity index (χ3n) is 4.23. The number of halogens is 1. The predicted molar refractivity (Wildman–Crippen MR) is 120 cm³/mol.